The molecule has 3 rings (SSSR count). The van der Waals surface area contributed by atoms with Crippen molar-refractivity contribution in [3.63, 3.8) is 0 Å². The zero-order chi connectivity index (χ0) is 19.1. The highest BCUT2D eigenvalue weighted by Gasteiger charge is 2.21. The van der Waals surface area contributed by atoms with Crippen molar-refractivity contribution in [1.82, 2.24) is 5.32 Å². The van der Waals surface area contributed by atoms with Gasteiger partial charge in [-0.15, -0.1) is 0 Å². The zero-order valence-corrected chi connectivity index (χ0v) is 15.5. The van der Waals surface area contributed by atoms with E-state index in [-0.39, 0.29) is 18.4 Å². The highest BCUT2D eigenvalue weighted by Crippen LogP contribution is 2.22. The Bertz CT molecular complexity index is 790. The number of carbonyl (C=O) groups excluding carboxylic acids is 2. The van der Waals surface area contributed by atoms with Crippen LogP contribution in [0, 0.1) is 6.92 Å². The number of anilines is 2. The molecule has 142 valence electrons. The number of nitrogens with one attached hydrogen (secondary N) is 2. The largest absolute Gasteiger partial charge is 0.492 e. The summed E-state index contributed by atoms with van der Waals surface area (Å²) in [7, 11) is 0. The summed E-state index contributed by atoms with van der Waals surface area (Å²) in [5, 5.41) is 5.90. The van der Waals surface area contributed by atoms with Crippen molar-refractivity contribution in [3.8, 4) is 5.75 Å². The van der Waals surface area contributed by atoms with Gasteiger partial charge in [-0.3, -0.25) is 9.59 Å². The van der Waals surface area contributed by atoms with Gasteiger partial charge in [0.2, 0.25) is 11.8 Å². The number of hydrogen-bond acceptors (Lipinski definition) is 4. The first-order valence-corrected chi connectivity index (χ1v) is 9.22. The summed E-state index contributed by atoms with van der Waals surface area (Å²) in [6, 6.07) is 15.4. The minimum absolute atomic E-state index is 0.0957. The van der Waals surface area contributed by atoms with Crippen LogP contribution in [0.25, 0.3) is 0 Å². The average molecular weight is 367 g/mol. The van der Waals surface area contributed by atoms with Gasteiger partial charge < -0.3 is 20.3 Å². The van der Waals surface area contributed by atoms with Gasteiger partial charge >= 0.3 is 0 Å². The smallest absolute Gasteiger partial charge is 0.239 e. The van der Waals surface area contributed by atoms with E-state index in [1.807, 2.05) is 55.5 Å². The first-order valence-electron chi connectivity index (χ1n) is 9.22. The molecule has 1 aliphatic heterocycles. The monoisotopic (exact) mass is 367 g/mol. The van der Waals surface area contributed by atoms with Crippen LogP contribution in [0.4, 0.5) is 11.4 Å². The van der Waals surface area contributed by atoms with E-state index >= 15 is 0 Å². The fourth-order valence-electron chi connectivity index (χ4n) is 2.99. The maximum absolute atomic E-state index is 11.9. The Morgan fingerprint density at radius 2 is 2.00 bits per heavy atom. The molecule has 0 aliphatic carbocycles. The summed E-state index contributed by atoms with van der Waals surface area (Å²) in [6.45, 7) is 3.85. The maximum atomic E-state index is 11.9. The predicted molar refractivity (Wildman–Crippen MR) is 106 cm³/mol. The van der Waals surface area contributed by atoms with Gasteiger partial charge in [-0.2, -0.15) is 0 Å². The third kappa shape index (κ3) is 5.48. The normalized spacial score (nSPS) is 13.5. The van der Waals surface area contributed by atoms with E-state index in [4.69, 9.17) is 4.74 Å². The van der Waals surface area contributed by atoms with Crippen molar-refractivity contribution in [2.45, 2.75) is 19.8 Å². The van der Waals surface area contributed by atoms with Gasteiger partial charge in [0, 0.05) is 24.3 Å². The number of amides is 2. The number of benzene rings is 2. The Labute approximate surface area is 159 Å². The molecule has 1 aliphatic rings. The molecule has 0 radical (unpaired) electrons. The highest BCUT2D eigenvalue weighted by molar-refractivity contribution is 5.95. The quantitative estimate of drug-likeness (QED) is 0.704. The van der Waals surface area contributed by atoms with E-state index in [1.165, 1.54) is 0 Å². The number of carbonyl (C=O) groups is 2. The van der Waals surface area contributed by atoms with Crippen LogP contribution in [-0.4, -0.2) is 38.1 Å². The molecule has 2 aromatic rings. The summed E-state index contributed by atoms with van der Waals surface area (Å²) in [5.74, 6) is 0.878. The Morgan fingerprint density at radius 3 is 2.70 bits per heavy atom. The number of nitrogens with zero attached hydrogens (tertiary/aromatic N) is 1. The van der Waals surface area contributed by atoms with E-state index in [2.05, 4.69) is 10.6 Å². The van der Waals surface area contributed by atoms with Gasteiger partial charge in [0.25, 0.3) is 0 Å². The molecule has 2 amide bonds. The molecule has 6 nitrogen and oxygen atoms in total. The molecule has 1 heterocycles. The number of aryl methyl sites for hydroxylation is 1. The summed E-state index contributed by atoms with van der Waals surface area (Å²) < 4.78 is 5.60. The second-order valence-electron chi connectivity index (χ2n) is 6.56. The molecule has 0 spiro atoms. The van der Waals surface area contributed by atoms with E-state index in [0.29, 0.717) is 19.6 Å². The highest BCUT2D eigenvalue weighted by atomic mass is 16.5. The van der Waals surface area contributed by atoms with Gasteiger partial charge in [0.1, 0.15) is 12.4 Å². The average Bonchev–Trinajstić information content (AvgIpc) is 3.10. The molecule has 2 N–H and O–H groups in total. The molecule has 1 fully saturated rings. The number of hydrogen-bond donors (Lipinski definition) is 2. The molecular weight excluding hydrogens is 342 g/mol. The minimum atomic E-state index is -0.0957. The third-order valence-electron chi connectivity index (χ3n) is 4.39. The SMILES string of the molecule is Cc1cccc(OCCNC(=O)CNc2ccc(N3CCCC3=O)cc2)c1. The molecule has 0 bridgehead atoms. The zero-order valence-electron chi connectivity index (χ0n) is 15.5. The lowest BCUT2D eigenvalue weighted by atomic mass is 10.2. The molecule has 0 saturated carbocycles. The summed E-state index contributed by atoms with van der Waals surface area (Å²) >= 11 is 0. The second-order valence-corrected chi connectivity index (χ2v) is 6.56. The topological polar surface area (TPSA) is 70.7 Å². The molecule has 0 atom stereocenters. The fourth-order valence-corrected chi connectivity index (χ4v) is 2.99. The Morgan fingerprint density at radius 1 is 1.19 bits per heavy atom. The molecular formula is C21H25N3O3. The second kappa shape index (κ2) is 9.07. The van der Waals surface area contributed by atoms with Crippen LogP contribution in [-0.2, 0) is 9.59 Å². The lowest BCUT2D eigenvalue weighted by Gasteiger charge is -2.16. The van der Waals surface area contributed by atoms with Crippen LogP contribution < -0.4 is 20.3 Å². The van der Waals surface area contributed by atoms with Crippen molar-refractivity contribution in [3.05, 3.63) is 54.1 Å². The number of rotatable bonds is 8. The van der Waals surface area contributed by atoms with Crippen molar-refractivity contribution >= 4 is 23.2 Å². The van der Waals surface area contributed by atoms with Gasteiger partial charge in [-0.1, -0.05) is 12.1 Å². The van der Waals surface area contributed by atoms with Crippen LogP contribution in [0.2, 0.25) is 0 Å². The maximum Gasteiger partial charge on any atom is 0.239 e. The fraction of sp³-hybridized carbons (Fsp3) is 0.333. The summed E-state index contributed by atoms with van der Waals surface area (Å²) in [5.41, 5.74) is 2.89. The molecule has 2 aromatic carbocycles. The summed E-state index contributed by atoms with van der Waals surface area (Å²) in [4.78, 5) is 25.5. The minimum Gasteiger partial charge on any atom is -0.492 e. The van der Waals surface area contributed by atoms with Gasteiger partial charge in [-0.05, 0) is 55.3 Å². The van der Waals surface area contributed by atoms with Crippen LogP contribution >= 0.6 is 0 Å². The van der Waals surface area contributed by atoms with Gasteiger partial charge in [0.15, 0.2) is 0 Å². The van der Waals surface area contributed by atoms with E-state index in [1.54, 1.807) is 4.90 Å². The standard InChI is InChI=1S/C21H25N3O3/c1-16-4-2-5-19(14-16)27-13-11-22-20(25)15-23-17-7-9-18(10-8-17)24-12-3-6-21(24)26/h2,4-5,7-10,14,23H,3,6,11-13,15H2,1H3,(H,22,25). The Hall–Kier alpha value is -3.02. The summed E-state index contributed by atoms with van der Waals surface area (Å²) in [6.07, 6.45) is 1.53. The van der Waals surface area contributed by atoms with Crippen molar-refractivity contribution in [1.29, 1.82) is 0 Å². The Kier molecular flexibility index (Phi) is 6.30. The van der Waals surface area contributed by atoms with E-state index in [9.17, 15) is 9.59 Å². The Balaban J connectivity index is 1.35. The molecule has 27 heavy (non-hydrogen) atoms. The van der Waals surface area contributed by atoms with Crippen LogP contribution in [0.15, 0.2) is 48.5 Å². The molecule has 0 unspecified atom stereocenters. The van der Waals surface area contributed by atoms with Crippen molar-refractivity contribution < 1.29 is 14.3 Å². The van der Waals surface area contributed by atoms with Crippen LogP contribution in [0.5, 0.6) is 5.75 Å². The first kappa shape index (κ1) is 18.8. The van der Waals surface area contributed by atoms with Crippen molar-refractivity contribution in [2.24, 2.45) is 0 Å². The van der Waals surface area contributed by atoms with E-state index in [0.717, 1.165) is 35.7 Å². The lowest BCUT2D eigenvalue weighted by molar-refractivity contribution is -0.119. The van der Waals surface area contributed by atoms with Crippen molar-refractivity contribution in [2.75, 3.05) is 36.5 Å². The van der Waals surface area contributed by atoms with Crippen LogP contribution in [0.1, 0.15) is 18.4 Å². The van der Waals surface area contributed by atoms with E-state index < -0.39 is 0 Å². The molecule has 1 saturated heterocycles. The first-order chi connectivity index (χ1) is 13.1. The van der Waals surface area contributed by atoms with Gasteiger partial charge in [-0.25, -0.2) is 0 Å². The number of ether oxygens (including phenoxy) is 1. The van der Waals surface area contributed by atoms with Crippen LogP contribution in [0.3, 0.4) is 0 Å². The molecule has 0 aromatic heterocycles. The third-order valence-corrected chi connectivity index (χ3v) is 4.39. The molecule has 6 heteroatoms. The van der Waals surface area contributed by atoms with Gasteiger partial charge in [0.05, 0.1) is 13.1 Å². The predicted octanol–water partition coefficient (Wildman–Crippen LogP) is 2.73. The lowest BCUT2D eigenvalue weighted by Crippen LogP contribution is -2.33.